The fourth-order valence-corrected chi connectivity index (χ4v) is 3.74. The Kier molecular flexibility index (Phi) is 16.2. The van der Waals surface area contributed by atoms with Crippen molar-refractivity contribution in [3.05, 3.63) is 142 Å². The average Bonchev–Trinajstić information content (AvgIpc) is 3.05. The van der Waals surface area contributed by atoms with Gasteiger partial charge in [0.15, 0.2) is 46.0 Å². The number of nitrogens with zero attached hydrogens (tertiary/aromatic N) is 4. The van der Waals surface area contributed by atoms with Gasteiger partial charge in [-0.05, 0) is 74.4 Å². The van der Waals surface area contributed by atoms with Crippen molar-refractivity contribution in [2.24, 2.45) is 0 Å². The zero-order chi connectivity index (χ0) is 41.4. The third-order valence-corrected chi connectivity index (χ3v) is 6.27. The summed E-state index contributed by atoms with van der Waals surface area (Å²) in [7, 11) is 0. The first-order valence-electron chi connectivity index (χ1n) is 14.5. The van der Waals surface area contributed by atoms with Gasteiger partial charge in [-0.15, -0.1) is 0 Å². The number of aromatic hydroxyl groups is 9. The second kappa shape index (κ2) is 19.9. The Morgan fingerprint density at radius 3 is 1.24 bits per heavy atom. The van der Waals surface area contributed by atoms with Crippen molar-refractivity contribution in [3.63, 3.8) is 0 Å². The van der Waals surface area contributed by atoms with Crippen molar-refractivity contribution in [1.29, 1.82) is 0 Å². The zero-order valence-electron chi connectivity index (χ0n) is 28.2. The highest BCUT2D eigenvalue weighted by Gasteiger charge is 2.23. The summed E-state index contributed by atoms with van der Waals surface area (Å²) in [5.41, 5.74) is -0.465. The monoisotopic (exact) mass is 756 g/mol. The molecular formula is C33H32N4O17. The number of para-hydroxylation sites is 3. The van der Waals surface area contributed by atoms with Crippen molar-refractivity contribution in [2.45, 2.75) is 20.8 Å². The summed E-state index contributed by atoms with van der Waals surface area (Å²) in [4.78, 5) is 37.7. The summed E-state index contributed by atoms with van der Waals surface area (Å²) in [5, 5.41) is 121. The Labute approximate surface area is 303 Å². The fraction of sp³-hybridized carbons (Fsp3) is 0.0909. The molecule has 9 N–H and O–H groups in total. The first-order valence-corrected chi connectivity index (χ1v) is 14.5. The van der Waals surface area contributed by atoms with Crippen molar-refractivity contribution in [3.8, 4) is 51.7 Å². The molecule has 0 unspecified atom stereocenters. The van der Waals surface area contributed by atoms with Crippen molar-refractivity contribution >= 4 is 22.7 Å². The Balaban J connectivity index is 0.000000342. The zero-order valence-corrected chi connectivity index (χ0v) is 28.2. The Morgan fingerprint density at radius 1 is 0.407 bits per heavy atom. The van der Waals surface area contributed by atoms with E-state index in [0.29, 0.717) is 23.3 Å². The molecule has 286 valence electrons. The van der Waals surface area contributed by atoms with E-state index in [2.05, 4.69) is 0 Å². The lowest BCUT2D eigenvalue weighted by atomic mass is 10.2. The maximum absolute atomic E-state index is 10.3. The Bertz CT molecular complexity index is 2080. The number of rotatable bonds is 4. The van der Waals surface area contributed by atoms with Gasteiger partial charge in [-0.25, -0.2) is 0 Å². The first-order chi connectivity index (χ1) is 25.1. The quantitative estimate of drug-likeness (QED) is 0.0548. The molecule has 0 aliphatic rings. The van der Waals surface area contributed by atoms with E-state index in [0.717, 1.165) is 5.56 Å². The molecule has 0 aliphatic carbocycles. The molecule has 0 saturated carbocycles. The molecule has 5 aromatic rings. The summed E-state index contributed by atoms with van der Waals surface area (Å²) in [6.45, 7) is 5.04. The van der Waals surface area contributed by atoms with Gasteiger partial charge in [0.25, 0.3) is 5.69 Å². The molecular weight excluding hydrogens is 724 g/mol. The minimum absolute atomic E-state index is 0.0602. The van der Waals surface area contributed by atoms with Gasteiger partial charge in [-0.1, -0.05) is 30.3 Å². The molecule has 0 amide bonds. The van der Waals surface area contributed by atoms with Crippen LogP contribution in [0.3, 0.4) is 0 Å². The largest absolute Gasteiger partial charge is 0.504 e. The van der Waals surface area contributed by atoms with Crippen molar-refractivity contribution in [2.75, 3.05) is 0 Å². The summed E-state index contributed by atoms with van der Waals surface area (Å²) in [5.74, 6) is -3.48. The van der Waals surface area contributed by atoms with Gasteiger partial charge < -0.3 is 46.0 Å². The second-order valence-electron chi connectivity index (χ2n) is 10.4. The number of benzene rings is 5. The van der Waals surface area contributed by atoms with Gasteiger partial charge in [0, 0.05) is 5.56 Å². The first kappa shape index (κ1) is 43.9. The number of non-ortho nitro benzene ring substituents is 1. The highest BCUT2D eigenvalue weighted by molar-refractivity contribution is 5.60. The number of nitro groups is 4. The highest BCUT2D eigenvalue weighted by Crippen LogP contribution is 2.38. The molecule has 5 rings (SSSR count). The lowest BCUT2D eigenvalue weighted by Gasteiger charge is -1.99. The van der Waals surface area contributed by atoms with Gasteiger partial charge in [0.2, 0.25) is 5.75 Å². The van der Waals surface area contributed by atoms with Crippen LogP contribution in [0, 0.1) is 61.2 Å². The summed E-state index contributed by atoms with van der Waals surface area (Å²) < 4.78 is 0. The predicted molar refractivity (Wildman–Crippen MR) is 188 cm³/mol. The second-order valence-corrected chi connectivity index (χ2v) is 10.4. The van der Waals surface area contributed by atoms with Crippen LogP contribution < -0.4 is 0 Å². The molecule has 0 atom stereocenters. The SMILES string of the molecule is Cc1cc(O)c([N+](=O)[O-])c(O)c1.Cc1ccc(O)c(O)c1.Cc1cccc(O)c1[N+](=O)[O-].O=[N+]([O-])c1cc(O)c(O)c([N+](=O)[O-])c1.Oc1ccccc1O. The smallest absolute Gasteiger partial charge is 0.351 e. The molecule has 0 aromatic heterocycles. The number of phenolic OH excluding ortho intramolecular Hbond substituents is 9. The summed E-state index contributed by atoms with van der Waals surface area (Å²) in [6.07, 6.45) is 0. The summed E-state index contributed by atoms with van der Waals surface area (Å²) in [6, 6.07) is 18.9. The number of nitro benzene ring substituents is 4. The number of hydrogen-bond acceptors (Lipinski definition) is 17. The minimum atomic E-state index is -1.03. The summed E-state index contributed by atoms with van der Waals surface area (Å²) >= 11 is 0. The van der Waals surface area contributed by atoms with Gasteiger partial charge in [-0.3, -0.25) is 40.5 Å². The van der Waals surface area contributed by atoms with Gasteiger partial charge in [0.1, 0.15) is 0 Å². The Hall–Kier alpha value is -8.10. The molecule has 21 heteroatoms. The molecule has 0 saturated heterocycles. The van der Waals surface area contributed by atoms with Crippen LogP contribution >= 0.6 is 0 Å². The van der Waals surface area contributed by atoms with E-state index in [1.165, 1.54) is 42.5 Å². The van der Waals surface area contributed by atoms with Crippen LogP contribution in [0.25, 0.3) is 0 Å². The van der Waals surface area contributed by atoms with Crippen molar-refractivity contribution in [1.82, 2.24) is 0 Å². The van der Waals surface area contributed by atoms with Crippen molar-refractivity contribution < 1.29 is 65.7 Å². The molecule has 0 bridgehead atoms. The van der Waals surface area contributed by atoms with Gasteiger partial charge >= 0.3 is 17.1 Å². The van der Waals surface area contributed by atoms with E-state index < -0.39 is 59.8 Å². The molecule has 0 aliphatic heterocycles. The molecule has 5 aromatic carbocycles. The van der Waals surface area contributed by atoms with Gasteiger partial charge in [-0.2, -0.15) is 0 Å². The third kappa shape index (κ3) is 13.3. The van der Waals surface area contributed by atoms with Gasteiger partial charge in [0.05, 0.1) is 31.8 Å². The van der Waals surface area contributed by atoms with E-state index in [1.807, 2.05) is 6.92 Å². The van der Waals surface area contributed by atoms with Crippen LogP contribution in [0.15, 0.2) is 84.9 Å². The molecule has 21 nitrogen and oxygen atoms in total. The lowest BCUT2D eigenvalue weighted by Crippen LogP contribution is -1.93. The maximum Gasteiger partial charge on any atom is 0.351 e. The fourth-order valence-electron chi connectivity index (χ4n) is 3.74. The van der Waals surface area contributed by atoms with Crippen LogP contribution in [0.5, 0.6) is 51.7 Å². The molecule has 0 radical (unpaired) electrons. The van der Waals surface area contributed by atoms with E-state index in [4.69, 9.17) is 46.0 Å². The molecule has 0 fully saturated rings. The third-order valence-electron chi connectivity index (χ3n) is 6.27. The normalized spacial score (nSPS) is 9.54. The van der Waals surface area contributed by atoms with Crippen LogP contribution in [0.1, 0.15) is 16.7 Å². The van der Waals surface area contributed by atoms with E-state index in [9.17, 15) is 40.5 Å². The minimum Gasteiger partial charge on any atom is -0.504 e. The van der Waals surface area contributed by atoms with E-state index >= 15 is 0 Å². The van der Waals surface area contributed by atoms with Crippen LogP contribution in [0.4, 0.5) is 22.7 Å². The highest BCUT2D eigenvalue weighted by atomic mass is 16.6. The molecule has 0 spiro atoms. The van der Waals surface area contributed by atoms with Crippen LogP contribution in [-0.4, -0.2) is 65.7 Å². The predicted octanol–water partition coefficient (Wildman–Crippen LogP) is 6.34. The van der Waals surface area contributed by atoms with Crippen LogP contribution in [0.2, 0.25) is 0 Å². The standard InChI is InChI=1S/C7H7NO4.C7H7NO3.C7H8O2.C6H4N2O6.C6H6O2/c1-4-2-5(9)7(8(11)12)6(10)3-4;1-5-3-2-4-6(9)7(5)8(10)11;1-5-2-3-6(8)7(9)4-5;9-5-2-3(7(11)12)1-4(6(5)10)8(13)14;7-5-3-1-2-4-6(5)8/h2-3,9-10H,1H3;2-4,9H,1H3;2-4,8-9H,1H3;1-2,9-10H;1-4,7-8H. The van der Waals surface area contributed by atoms with E-state index in [1.54, 1.807) is 44.2 Å². The molecule has 54 heavy (non-hydrogen) atoms. The van der Waals surface area contributed by atoms with E-state index in [-0.39, 0.29) is 34.4 Å². The topological polar surface area (TPSA) is 355 Å². The number of hydrogen-bond donors (Lipinski definition) is 9. The average molecular weight is 757 g/mol. The number of phenols is 9. The molecule has 0 heterocycles. The number of aryl methyl sites for hydroxylation is 3. The van der Waals surface area contributed by atoms with Crippen LogP contribution in [-0.2, 0) is 0 Å². The Morgan fingerprint density at radius 2 is 0.870 bits per heavy atom. The maximum atomic E-state index is 10.3. The lowest BCUT2D eigenvalue weighted by molar-refractivity contribution is -0.394.